The zero-order chi connectivity index (χ0) is 19.3. The Morgan fingerprint density at radius 2 is 1.67 bits per heavy atom. The highest BCUT2D eigenvalue weighted by Crippen LogP contribution is 2.18. The lowest BCUT2D eigenvalue weighted by Crippen LogP contribution is -2.48. The van der Waals surface area contributed by atoms with Crippen LogP contribution in [0.5, 0.6) is 0 Å². The first-order valence-corrected chi connectivity index (χ1v) is 11.7. The molecule has 1 saturated heterocycles. The molecule has 0 radical (unpaired) electrons. The molecule has 0 aromatic heterocycles. The van der Waals surface area contributed by atoms with Crippen molar-refractivity contribution in [2.45, 2.75) is 51.6 Å². The van der Waals surface area contributed by atoms with Gasteiger partial charge >= 0.3 is 0 Å². The lowest BCUT2D eigenvalue weighted by Gasteiger charge is -2.33. The van der Waals surface area contributed by atoms with Gasteiger partial charge in [0.25, 0.3) is 5.91 Å². The van der Waals surface area contributed by atoms with E-state index in [2.05, 4.69) is 10.2 Å². The van der Waals surface area contributed by atoms with E-state index < -0.39 is 10.0 Å². The first-order valence-electron chi connectivity index (χ1n) is 10.1. The molecule has 0 bridgehead atoms. The number of benzene rings is 1. The molecule has 2 fully saturated rings. The minimum absolute atomic E-state index is 0.0202. The number of hydrogen-bond acceptors (Lipinski definition) is 4. The van der Waals surface area contributed by atoms with Crippen LogP contribution in [0.25, 0.3) is 0 Å². The number of nitrogens with one attached hydrogen (secondary N) is 1. The zero-order valence-electron chi connectivity index (χ0n) is 16.2. The van der Waals surface area contributed by atoms with Crippen molar-refractivity contribution >= 4 is 15.9 Å². The Hall–Kier alpha value is -1.44. The zero-order valence-corrected chi connectivity index (χ0v) is 17.0. The van der Waals surface area contributed by atoms with Crippen LogP contribution in [0.2, 0.25) is 0 Å². The van der Waals surface area contributed by atoms with Gasteiger partial charge in [-0.2, -0.15) is 4.31 Å². The normalized spacial score (nSPS) is 20.5. The largest absolute Gasteiger partial charge is 0.349 e. The summed E-state index contributed by atoms with van der Waals surface area (Å²) in [5.74, 6) is 0.184. The Morgan fingerprint density at radius 3 is 2.26 bits per heavy atom. The van der Waals surface area contributed by atoms with E-state index in [4.69, 9.17) is 0 Å². The van der Waals surface area contributed by atoms with Crippen LogP contribution < -0.4 is 5.32 Å². The second kappa shape index (κ2) is 9.17. The number of nitrogens with zero attached hydrogens (tertiary/aromatic N) is 2. The number of carbonyl (C=O) groups is 1. The lowest BCUT2D eigenvalue weighted by atomic mass is 9.95. The first-order chi connectivity index (χ1) is 13.0. The predicted octanol–water partition coefficient (Wildman–Crippen LogP) is 2.22. The molecule has 1 amide bonds. The summed E-state index contributed by atoms with van der Waals surface area (Å²) >= 11 is 0. The van der Waals surface area contributed by atoms with Crippen LogP contribution in [-0.2, 0) is 16.6 Å². The van der Waals surface area contributed by atoms with Crippen molar-refractivity contribution in [1.29, 1.82) is 0 Å². The van der Waals surface area contributed by atoms with E-state index in [-0.39, 0.29) is 11.7 Å². The van der Waals surface area contributed by atoms with Crippen molar-refractivity contribution in [2.24, 2.45) is 0 Å². The maximum Gasteiger partial charge on any atom is 0.251 e. The van der Waals surface area contributed by atoms with Gasteiger partial charge in [-0.25, -0.2) is 8.42 Å². The summed E-state index contributed by atoms with van der Waals surface area (Å²) in [6.45, 7) is 5.06. The third kappa shape index (κ3) is 5.53. The van der Waals surface area contributed by atoms with Crippen LogP contribution >= 0.6 is 0 Å². The SMILES string of the molecule is CCS(=O)(=O)N1CCN(Cc2ccc(C(=O)NC3CCCCC3)cc2)CC1. The van der Waals surface area contributed by atoms with Crippen molar-refractivity contribution in [3.05, 3.63) is 35.4 Å². The molecule has 3 rings (SSSR count). The maximum absolute atomic E-state index is 12.4. The van der Waals surface area contributed by atoms with E-state index in [1.165, 1.54) is 19.3 Å². The molecule has 1 aromatic rings. The third-order valence-corrected chi connectivity index (χ3v) is 7.53. The number of carbonyl (C=O) groups excluding carboxylic acids is 1. The number of rotatable bonds is 6. The number of hydrogen-bond donors (Lipinski definition) is 1. The van der Waals surface area contributed by atoms with E-state index in [0.717, 1.165) is 38.0 Å². The highest BCUT2D eigenvalue weighted by atomic mass is 32.2. The molecule has 7 heteroatoms. The van der Waals surface area contributed by atoms with Gasteiger partial charge < -0.3 is 5.32 Å². The van der Waals surface area contributed by atoms with Crippen molar-refractivity contribution in [2.75, 3.05) is 31.9 Å². The van der Waals surface area contributed by atoms with Gasteiger partial charge in [0.15, 0.2) is 0 Å². The Kier molecular flexibility index (Phi) is 6.89. The van der Waals surface area contributed by atoms with Crippen LogP contribution in [0.1, 0.15) is 54.9 Å². The first kappa shape index (κ1) is 20.3. The molecule has 6 nitrogen and oxygen atoms in total. The van der Waals surface area contributed by atoms with Crippen molar-refractivity contribution in [3.63, 3.8) is 0 Å². The summed E-state index contributed by atoms with van der Waals surface area (Å²) < 4.78 is 25.5. The Morgan fingerprint density at radius 1 is 1.04 bits per heavy atom. The van der Waals surface area contributed by atoms with E-state index in [1.54, 1.807) is 11.2 Å². The molecule has 150 valence electrons. The maximum atomic E-state index is 12.4. The fourth-order valence-electron chi connectivity index (χ4n) is 3.88. The predicted molar refractivity (Wildman–Crippen MR) is 107 cm³/mol. The highest BCUT2D eigenvalue weighted by molar-refractivity contribution is 7.89. The second-order valence-electron chi connectivity index (χ2n) is 7.58. The van der Waals surface area contributed by atoms with Gasteiger partial charge in [-0.1, -0.05) is 31.4 Å². The van der Waals surface area contributed by atoms with Crippen molar-refractivity contribution in [3.8, 4) is 0 Å². The lowest BCUT2D eigenvalue weighted by molar-refractivity contribution is 0.0927. The van der Waals surface area contributed by atoms with Crippen LogP contribution in [0.15, 0.2) is 24.3 Å². The minimum Gasteiger partial charge on any atom is -0.349 e. The molecule has 2 aliphatic rings. The number of sulfonamides is 1. The standard InChI is InChI=1S/C20H31N3O3S/c1-2-27(25,26)23-14-12-22(13-15-23)16-17-8-10-18(11-9-17)20(24)21-19-6-4-3-5-7-19/h8-11,19H,2-7,12-16H2,1H3,(H,21,24). The van der Waals surface area contributed by atoms with E-state index in [9.17, 15) is 13.2 Å². The summed E-state index contributed by atoms with van der Waals surface area (Å²) in [5, 5.41) is 3.15. The van der Waals surface area contributed by atoms with Crippen LogP contribution in [0, 0.1) is 0 Å². The fourth-order valence-corrected chi connectivity index (χ4v) is 4.97. The van der Waals surface area contributed by atoms with Crippen molar-refractivity contribution in [1.82, 2.24) is 14.5 Å². The molecule has 1 aromatic carbocycles. The van der Waals surface area contributed by atoms with Gasteiger partial charge in [0, 0.05) is 44.3 Å². The van der Waals surface area contributed by atoms with E-state index >= 15 is 0 Å². The smallest absolute Gasteiger partial charge is 0.251 e. The van der Waals surface area contributed by atoms with E-state index in [0.29, 0.717) is 24.7 Å². The Balaban J connectivity index is 1.49. The molecule has 1 aliphatic carbocycles. The average Bonchev–Trinajstić information content (AvgIpc) is 2.70. The molecular weight excluding hydrogens is 362 g/mol. The van der Waals surface area contributed by atoms with Gasteiger partial charge in [0.05, 0.1) is 5.75 Å². The monoisotopic (exact) mass is 393 g/mol. The molecule has 0 spiro atoms. The number of amides is 1. The summed E-state index contributed by atoms with van der Waals surface area (Å²) in [6.07, 6.45) is 5.86. The average molecular weight is 394 g/mol. The third-order valence-electron chi connectivity index (χ3n) is 5.65. The highest BCUT2D eigenvalue weighted by Gasteiger charge is 2.25. The van der Waals surface area contributed by atoms with Crippen molar-refractivity contribution < 1.29 is 13.2 Å². The van der Waals surface area contributed by atoms with Gasteiger partial charge in [-0.15, -0.1) is 0 Å². The van der Waals surface area contributed by atoms with Crippen LogP contribution in [0.4, 0.5) is 0 Å². The topological polar surface area (TPSA) is 69.7 Å². The van der Waals surface area contributed by atoms with Crippen LogP contribution in [0.3, 0.4) is 0 Å². The minimum atomic E-state index is -3.08. The molecule has 0 atom stereocenters. The number of piperazine rings is 1. The van der Waals surface area contributed by atoms with Crippen LogP contribution in [-0.4, -0.2) is 61.5 Å². The fraction of sp³-hybridized carbons (Fsp3) is 0.650. The molecule has 1 heterocycles. The quantitative estimate of drug-likeness (QED) is 0.805. The molecule has 27 heavy (non-hydrogen) atoms. The van der Waals surface area contributed by atoms with E-state index in [1.807, 2.05) is 24.3 Å². The molecule has 1 N–H and O–H groups in total. The molecule has 1 saturated carbocycles. The summed E-state index contributed by atoms with van der Waals surface area (Å²) in [4.78, 5) is 14.7. The summed E-state index contributed by atoms with van der Waals surface area (Å²) in [6, 6.07) is 8.12. The van der Waals surface area contributed by atoms with Gasteiger partial charge in [0.1, 0.15) is 0 Å². The Labute approximate surface area is 163 Å². The molecule has 0 unspecified atom stereocenters. The van der Waals surface area contributed by atoms with Gasteiger partial charge in [-0.3, -0.25) is 9.69 Å². The van der Waals surface area contributed by atoms with Gasteiger partial charge in [-0.05, 0) is 37.5 Å². The molecule has 1 aliphatic heterocycles. The summed E-state index contributed by atoms with van der Waals surface area (Å²) in [5.41, 5.74) is 1.86. The summed E-state index contributed by atoms with van der Waals surface area (Å²) in [7, 11) is -3.08. The molecular formula is C20H31N3O3S. The van der Waals surface area contributed by atoms with Gasteiger partial charge in [0.2, 0.25) is 10.0 Å². The Bertz CT molecular complexity index is 719. The second-order valence-corrected chi connectivity index (χ2v) is 9.84.